The van der Waals surface area contributed by atoms with E-state index in [1.54, 1.807) is 0 Å². The Morgan fingerprint density at radius 3 is 2.41 bits per heavy atom. The Bertz CT molecular complexity index is 365. The number of nitrogens with zero attached hydrogens (tertiary/aromatic N) is 1. The zero-order valence-corrected chi connectivity index (χ0v) is 11.1. The second-order valence-electron chi connectivity index (χ2n) is 3.77. The molecule has 0 saturated carbocycles. The number of alkyl halides is 2. The second kappa shape index (κ2) is 6.84. The van der Waals surface area contributed by atoms with Crippen LogP contribution in [-0.2, 0) is 11.3 Å². The van der Waals surface area contributed by atoms with E-state index >= 15 is 0 Å². The van der Waals surface area contributed by atoms with Gasteiger partial charge in [0.2, 0.25) is 0 Å². The number of benzene rings is 1. The molecule has 1 aromatic carbocycles. The van der Waals surface area contributed by atoms with Crippen molar-refractivity contribution >= 4 is 29.1 Å². The van der Waals surface area contributed by atoms with E-state index in [0.29, 0.717) is 6.54 Å². The van der Waals surface area contributed by atoms with Crippen LogP contribution < -0.4 is 0 Å². The van der Waals surface area contributed by atoms with Crippen molar-refractivity contribution in [3.63, 3.8) is 0 Å². The molecule has 5 heteroatoms. The Kier molecular flexibility index (Phi) is 5.75. The van der Waals surface area contributed by atoms with E-state index < -0.39 is 4.84 Å². The molecule has 94 valence electrons. The molecule has 0 spiro atoms. The maximum absolute atomic E-state index is 11.7. The topological polar surface area (TPSA) is 40.5 Å². The predicted octanol–water partition coefficient (Wildman–Crippen LogP) is 2.12. The number of halogens is 2. The van der Waals surface area contributed by atoms with E-state index in [-0.39, 0.29) is 19.1 Å². The zero-order chi connectivity index (χ0) is 12.8. The first-order chi connectivity index (χ1) is 8.04. The Balaban J connectivity index is 2.72. The van der Waals surface area contributed by atoms with E-state index in [2.05, 4.69) is 0 Å². The van der Waals surface area contributed by atoms with Gasteiger partial charge in [-0.1, -0.05) is 53.0 Å². The van der Waals surface area contributed by atoms with Crippen LogP contribution in [-0.4, -0.2) is 33.9 Å². The lowest BCUT2D eigenvalue weighted by atomic mass is 10.1. The van der Waals surface area contributed by atoms with Crippen LogP contribution in [0, 0.1) is 6.92 Å². The van der Waals surface area contributed by atoms with Crippen LogP contribution in [0.1, 0.15) is 11.1 Å². The van der Waals surface area contributed by atoms with Crippen LogP contribution in [0.2, 0.25) is 0 Å². The summed E-state index contributed by atoms with van der Waals surface area (Å²) in [6, 6.07) is 7.81. The molecule has 17 heavy (non-hydrogen) atoms. The molecule has 1 amide bonds. The first kappa shape index (κ1) is 14.3. The Morgan fingerprint density at radius 2 is 1.94 bits per heavy atom. The van der Waals surface area contributed by atoms with E-state index in [9.17, 15) is 4.79 Å². The third kappa shape index (κ3) is 4.54. The minimum Gasteiger partial charge on any atom is -0.395 e. The summed E-state index contributed by atoms with van der Waals surface area (Å²) in [5.74, 6) is -0.386. The minimum atomic E-state index is -1.09. The van der Waals surface area contributed by atoms with Crippen molar-refractivity contribution in [1.29, 1.82) is 0 Å². The van der Waals surface area contributed by atoms with Crippen molar-refractivity contribution < 1.29 is 9.90 Å². The number of carbonyl (C=O) groups is 1. The third-order valence-electron chi connectivity index (χ3n) is 2.36. The van der Waals surface area contributed by atoms with Gasteiger partial charge in [-0.15, -0.1) is 0 Å². The normalized spacial score (nSPS) is 10.6. The van der Waals surface area contributed by atoms with E-state index in [0.717, 1.165) is 11.1 Å². The molecule has 1 aromatic rings. The van der Waals surface area contributed by atoms with Crippen molar-refractivity contribution in [2.45, 2.75) is 18.3 Å². The average Bonchev–Trinajstić information content (AvgIpc) is 2.30. The highest BCUT2D eigenvalue weighted by Crippen LogP contribution is 2.12. The van der Waals surface area contributed by atoms with Gasteiger partial charge in [-0.25, -0.2) is 0 Å². The van der Waals surface area contributed by atoms with Crippen molar-refractivity contribution in [2.24, 2.45) is 0 Å². The number of aliphatic hydroxyl groups excluding tert-OH is 1. The number of carbonyl (C=O) groups excluding carboxylic acids is 1. The molecule has 1 rings (SSSR count). The minimum absolute atomic E-state index is 0.113. The van der Waals surface area contributed by atoms with E-state index in [1.165, 1.54) is 4.90 Å². The quantitative estimate of drug-likeness (QED) is 0.837. The number of amides is 1. The Hall–Kier alpha value is -0.770. The summed E-state index contributed by atoms with van der Waals surface area (Å²) in [5, 5.41) is 8.91. The fraction of sp³-hybridized carbons (Fsp3) is 0.417. The maximum atomic E-state index is 11.7. The van der Waals surface area contributed by atoms with Gasteiger partial charge in [-0.05, 0) is 12.5 Å². The molecule has 0 bridgehead atoms. The standard InChI is InChI=1S/C12H15Cl2NO2/c1-9-2-4-10(5-3-9)8-15(6-7-16)12(17)11(13)14/h2-5,11,16H,6-8H2,1H3. The van der Waals surface area contributed by atoms with Crippen LogP contribution in [0.5, 0.6) is 0 Å². The number of aliphatic hydroxyl groups is 1. The fourth-order valence-electron chi connectivity index (χ4n) is 1.44. The van der Waals surface area contributed by atoms with Gasteiger partial charge in [-0.2, -0.15) is 0 Å². The van der Waals surface area contributed by atoms with Gasteiger partial charge < -0.3 is 10.0 Å². The molecule has 0 fully saturated rings. The second-order valence-corrected chi connectivity index (χ2v) is 4.87. The first-order valence-corrected chi connectivity index (χ1v) is 6.15. The monoisotopic (exact) mass is 275 g/mol. The van der Waals surface area contributed by atoms with Crippen LogP contribution in [0.3, 0.4) is 0 Å². The summed E-state index contributed by atoms with van der Waals surface area (Å²) in [6.45, 7) is 2.50. The average molecular weight is 276 g/mol. The summed E-state index contributed by atoms with van der Waals surface area (Å²) in [6.07, 6.45) is 0. The van der Waals surface area contributed by atoms with E-state index in [4.69, 9.17) is 28.3 Å². The lowest BCUT2D eigenvalue weighted by molar-refractivity contribution is -0.130. The summed E-state index contributed by atoms with van der Waals surface area (Å²) < 4.78 is 0. The van der Waals surface area contributed by atoms with Gasteiger partial charge in [0.05, 0.1) is 6.61 Å². The fourth-order valence-corrected chi connectivity index (χ4v) is 1.72. The van der Waals surface area contributed by atoms with Gasteiger partial charge in [0, 0.05) is 13.1 Å². The molecule has 0 aliphatic rings. The molecule has 0 atom stereocenters. The van der Waals surface area contributed by atoms with Crippen molar-refractivity contribution in [3.05, 3.63) is 35.4 Å². The Labute approximate surface area is 111 Å². The molecule has 0 heterocycles. The lowest BCUT2D eigenvalue weighted by Crippen LogP contribution is -2.36. The molecule has 0 aliphatic heterocycles. The van der Waals surface area contributed by atoms with Crippen molar-refractivity contribution in [2.75, 3.05) is 13.2 Å². The smallest absolute Gasteiger partial charge is 0.256 e. The number of hydrogen-bond acceptors (Lipinski definition) is 2. The molecule has 3 nitrogen and oxygen atoms in total. The third-order valence-corrected chi connectivity index (χ3v) is 2.74. The first-order valence-electron chi connectivity index (χ1n) is 5.28. The van der Waals surface area contributed by atoms with Crippen molar-refractivity contribution in [1.82, 2.24) is 4.90 Å². The Morgan fingerprint density at radius 1 is 1.35 bits per heavy atom. The van der Waals surface area contributed by atoms with Gasteiger partial charge in [0.25, 0.3) is 5.91 Å². The molecular formula is C12H15Cl2NO2. The lowest BCUT2D eigenvalue weighted by Gasteiger charge is -2.22. The van der Waals surface area contributed by atoms with Crippen LogP contribution >= 0.6 is 23.2 Å². The molecule has 0 saturated heterocycles. The molecule has 0 aliphatic carbocycles. The van der Waals surface area contributed by atoms with Gasteiger partial charge in [0.1, 0.15) is 0 Å². The molecule has 0 radical (unpaired) electrons. The maximum Gasteiger partial charge on any atom is 0.256 e. The summed E-state index contributed by atoms with van der Waals surface area (Å²) in [4.78, 5) is 12.0. The molecule has 0 unspecified atom stereocenters. The van der Waals surface area contributed by atoms with Crippen LogP contribution in [0.25, 0.3) is 0 Å². The van der Waals surface area contributed by atoms with Gasteiger partial charge >= 0.3 is 0 Å². The summed E-state index contributed by atoms with van der Waals surface area (Å²) in [7, 11) is 0. The SMILES string of the molecule is Cc1ccc(CN(CCO)C(=O)C(Cl)Cl)cc1. The molecule has 1 N–H and O–H groups in total. The van der Waals surface area contributed by atoms with Gasteiger partial charge in [-0.3, -0.25) is 4.79 Å². The largest absolute Gasteiger partial charge is 0.395 e. The summed E-state index contributed by atoms with van der Waals surface area (Å²) >= 11 is 11.1. The molecule has 0 aromatic heterocycles. The van der Waals surface area contributed by atoms with E-state index in [1.807, 2.05) is 31.2 Å². The van der Waals surface area contributed by atoms with Gasteiger partial charge in [0.15, 0.2) is 4.84 Å². The highest BCUT2D eigenvalue weighted by Gasteiger charge is 2.19. The van der Waals surface area contributed by atoms with Crippen molar-refractivity contribution in [3.8, 4) is 0 Å². The number of hydrogen-bond donors (Lipinski definition) is 1. The highest BCUT2D eigenvalue weighted by molar-refractivity contribution is 6.53. The van der Waals surface area contributed by atoms with Crippen LogP contribution in [0.15, 0.2) is 24.3 Å². The number of aryl methyl sites for hydroxylation is 1. The molecular weight excluding hydrogens is 261 g/mol. The highest BCUT2D eigenvalue weighted by atomic mass is 35.5. The number of rotatable bonds is 5. The summed E-state index contributed by atoms with van der Waals surface area (Å²) in [5.41, 5.74) is 2.13. The predicted molar refractivity (Wildman–Crippen MR) is 69.2 cm³/mol. The van der Waals surface area contributed by atoms with Crippen LogP contribution in [0.4, 0.5) is 0 Å². The zero-order valence-electron chi connectivity index (χ0n) is 9.57.